The molecule has 0 radical (unpaired) electrons. The first-order valence-corrected chi connectivity index (χ1v) is 5.02. The number of aliphatic hydroxyl groups excluding tert-OH is 1. The van der Waals surface area contributed by atoms with E-state index in [0.29, 0.717) is 0 Å². The zero-order chi connectivity index (χ0) is 11.5. The molecule has 0 fully saturated rings. The van der Waals surface area contributed by atoms with Gasteiger partial charge in [-0.1, -0.05) is 18.2 Å². The summed E-state index contributed by atoms with van der Waals surface area (Å²) in [7, 11) is 3.20. The number of hydroxylamine groups is 2. The first-order valence-electron chi connectivity index (χ1n) is 5.02. The fourth-order valence-electron chi connectivity index (χ4n) is 1.64. The van der Waals surface area contributed by atoms with Crippen LogP contribution in [0.2, 0.25) is 0 Å². The van der Waals surface area contributed by atoms with Gasteiger partial charge in [-0.15, -0.1) is 0 Å². The number of benzene rings is 1. The Labute approximate surface area is 94.0 Å². The highest BCUT2D eigenvalue weighted by Crippen LogP contribution is 2.24. The molecule has 1 atom stereocenters. The molecule has 1 unspecified atom stereocenters. The number of aromatic nitrogens is 1. The summed E-state index contributed by atoms with van der Waals surface area (Å²) < 4.78 is 0. The summed E-state index contributed by atoms with van der Waals surface area (Å²) in [6.07, 6.45) is 0.891. The Morgan fingerprint density at radius 1 is 1.31 bits per heavy atom. The van der Waals surface area contributed by atoms with Crippen molar-refractivity contribution >= 4 is 10.9 Å². The van der Waals surface area contributed by atoms with Gasteiger partial charge < -0.3 is 5.11 Å². The molecule has 4 heteroatoms. The fourth-order valence-corrected chi connectivity index (χ4v) is 1.64. The van der Waals surface area contributed by atoms with Gasteiger partial charge in [0, 0.05) is 24.2 Å². The van der Waals surface area contributed by atoms with Crippen molar-refractivity contribution in [2.75, 3.05) is 14.2 Å². The summed E-state index contributed by atoms with van der Waals surface area (Å²) >= 11 is 0. The van der Waals surface area contributed by atoms with Crippen molar-refractivity contribution in [1.29, 1.82) is 0 Å². The van der Waals surface area contributed by atoms with Crippen molar-refractivity contribution < 1.29 is 9.94 Å². The third-order valence-corrected chi connectivity index (χ3v) is 2.59. The lowest BCUT2D eigenvalue weighted by Crippen LogP contribution is -2.23. The number of aliphatic hydroxyl groups is 1. The van der Waals surface area contributed by atoms with Crippen molar-refractivity contribution in [3.05, 3.63) is 42.1 Å². The second kappa shape index (κ2) is 4.57. The van der Waals surface area contributed by atoms with E-state index in [1.807, 2.05) is 24.3 Å². The molecular weight excluding hydrogens is 204 g/mol. The van der Waals surface area contributed by atoms with Gasteiger partial charge in [-0.3, -0.25) is 9.82 Å². The molecule has 0 bridgehead atoms. The average Bonchev–Trinajstić information content (AvgIpc) is 2.36. The van der Waals surface area contributed by atoms with E-state index in [4.69, 9.17) is 4.84 Å². The Kier molecular flexibility index (Phi) is 3.14. The molecule has 4 nitrogen and oxygen atoms in total. The maximum absolute atomic E-state index is 10.1. The lowest BCUT2D eigenvalue weighted by molar-refractivity contribution is -0.205. The Bertz CT molecular complexity index is 482. The zero-order valence-corrected chi connectivity index (χ0v) is 9.29. The topological polar surface area (TPSA) is 45.6 Å². The summed E-state index contributed by atoms with van der Waals surface area (Å²) in [4.78, 5) is 9.22. The number of nitrogens with zero attached hydrogens (tertiary/aromatic N) is 2. The third-order valence-electron chi connectivity index (χ3n) is 2.59. The highest BCUT2D eigenvalue weighted by atomic mass is 16.7. The molecule has 1 aromatic heterocycles. The number of fused-ring (bicyclic) bond motifs is 1. The van der Waals surface area contributed by atoms with Crippen LogP contribution in [0.4, 0.5) is 0 Å². The van der Waals surface area contributed by atoms with Crippen LogP contribution in [0, 0.1) is 0 Å². The second-order valence-electron chi connectivity index (χ2n) is 3.52. The van der Waals surface area contributed by atoms with Crippen LogP contribution in [0.3, 0.4) is 0 Å². The number of hydrogen-bond donors (Lipinski definition) is 1. The zero-order valence-electron chi connectivity index (χ0n) is 9.29. The van der Waals surface area contributed by atoms with E-state index >= 15 is 0 Å². The van der Waals surface area contributed by atoms with Gasteiger partial charge in [0.15, 0.2) is 6.23 Å². The van der Waals surface area contributed by atoms with Gasteiger partial charge in [0.1, 0.15) is 0 Å². The number of hydrogen-bond acceptors (Lipinski definition) is 4. The molecule has 0 saturated carbocycles. The Morgan fingerprint density at radius 3 is 2.81 bits per heavy atom. The number of para-hydroxylation sites is 1. The fraction of sp³-hybridized carbons (Fsp3) is 0.250. The van der Waals surface area contributed by atoms with Gasteiger partial charge in [-0.05, 0) is 12.1 Å². The highest BCUT2D eigenvalue weighted by molar-refractivity contribution is 5.82. The second-order valence-corrected chi connectivity index (χ2v) is 3.52. The predicted molar refractivity (Wildman–Crippen MR) is 61.5 cm³/mol. The van der Waals surface area contributed by atoms with Gasteiger partial charge in [-0.25, -0.2) is 0 Å². The molecule has 1 N–H and O–H groups in total. The van der Waals surface area contributed by atoms with E-state index < -0.39 is 6.23 Å². The molecule has 0 aliphatic rings. The summed E-state index contributed by atoms with van der Waals surface area (Å²) in [5.74, 6) is 0. The summed E-state index contributed by atoms with van der Waals surface area (Å²) in [5, 5.41) is 12.4. The van der Waals surface area contributed by atoms with Gasteiger partial charge in [-0.2, -0.15) is 5.06 Å². The van der Waals surface area contributed by atoms with Gasteiger partial charge in [0.05, 0.1) is 12.6 Å². The molecule has 1 heterocycles. The van der Waals surface area contributed by atoms with Crippen molar-refractivity contribution in [3.63, 3.8) is 0 Å². The standard InChI is InChI=1S/C12H14N2O2/c1-14(16-2)12(15)10-7-8-13-11-6-4-3-5-9(10)11/h3-8,12,15H,1-2H3. The van der Waals surface area contributed by atoms with E-state index in [-0.39, 0.29) is 0 Å². The average molecular weight is 218 g/mol. The molecule has 16 heavy (non-hydrogen) atoms. The normalized spacial score (nSPS) is 13.2. The van der Waals surface area contributed by atoms with Crippen LogP contribution in [-0.2, 0) is 4.84 Å². The van der Waals surface area contributed by atoms with Crippen LogP contribution in [0.1, 0.15) is 11.8 Å². The molecule has 2 aromatic rings. The van der Waals surface area contributed by atoms with Crippen LogP contribution in [0.25, 0.3) is 10.9 Å². The first-order chi connectivity index (χ1) is 7.74. The maximum atomic E-state index is 10.1. The van der Waals surface area contributed by atoms with E-state index in [9.17, 15) is 5.11 Å². The van der Waals surface area contributed by atoms with Gasteiger partial charge >= 0.3 is 0 Å². The van der Waals surface area contributed by atoms with Gasteiger partial charge in [0.25, 0.3) is 0 Å². The Hall–Kier alpha value is -1.49. The van der Waals surface area contributed by atoms with Crippen molar-refractivity contribution in [2.45, 2.75) is 6.23 Å². The lowest BCUT2D eigenvalue weighted by Gasteiger charge is -2.21. The minimum atomic E-state index is -0.794. The van der Waals surface area contributed by atoms with E-state index in [0.717, 1.165) is 16.5 Å². The largest absolute Gasteiger partial charge is 0.372 e. The van der Waals surface area contributed by atoms with Crippen molar-refractivity contribution in [2.24, 2.45) is 0 Å². The number of pyridine rings is 1. The molecule has 0 aliphatic heterocycles. The molecule has 0 spiro atoms. The molecule has 84 valence electrons. The molecular formula is C12H14N2O2. The monoisotopic (exact) mass is 218 g/mol. The van der Waals surface area contributed by atoms with E-state index in [1.54, 1.807) is 19.3 Å². The van der Waals surface area contributed by atoms with Gasteiger partial charge in [0.2, 0.25) is 0 Å². The molecule has 0 saturated heterocycles. The Balaban J connectivity index is 2.52. The van der Waals surface area contributed by atoms with Crippen LogP contribution in [0.15, 0.2) is 36.5 Å². The predicted octanol–water partition coefficient (Wildman–Crippen LogP) is 1.72. The highest BCUT2D eigenvalue weighted by Gasteiger charge is 2.15. The van der Waals surface area contributed by atoms with Crippen LogP contribution < -0.4 is 0 Å². The first kappa shape index (κ1) is 11.0. The lowest BCUT2D eigenvalue weighted by atomic mass is 10.1. The summed E-state index contributed by atoms with van der Waals surface area (Å²) in [5.41, 5.74) is 1.65. The summed E-state index contributed by atoms with van der Waals surface area (Å²) in [6, 6.07) is 9.49. The minimum absolute atomic E-state index is 0.787. The van der Waals surface area contributed by atoms with E-state index in [1.165, 1.54) is 12.2 Å². The van der Waals surface area contributed by atoms with Crippen LogP contribution in [0.5, 0.6) is 0 Å². The Morgan fingerprint density at radius 2 is 2.06 bits per heavy atom. The summed E-state index contributed by atoms with van der Waals surface area (Å²) in [6.45, 7) is 0. The van der Waals surface area contributed by atoms with Crippen molar-refractivity contribution in [3.8, 4) is 0 Å². The van der Waals surface area contributed by atoms with Crippen molar-refractivity contribution in [1.82, 2.24) is 10.0 Å². The third kappa shape index (κ3) is 1.90. The molecule has 1 aromatic carbocycles. The molecule has 0 amide bonds. The SMILES string of the molecule is CON(C)C(O)c1ccnc2ccccc12. The molecule has 0 aliphatic carbocycles. The molecule has 2 rings (SSSR count). The maximum Gasteiger partial charge on any atom is 0.156 e. The van der Waals surface area contributed by atoms with Crippen LogP contribution in [-0.4, -0.2) is 29.3 Å². The minimum Gasteiger partial charge on any atom is -0.372 e. The quantitative estimate of drug-likeness (QED) is 0.629. The van der Waals surface area contributed by atoms with Crippen LogP contribution >= 0.6 is 0 Å². The smallest absolute Gasteiger partial charge is 0.156 e. The van der Waals surface area contributed by atoms with E-state index in [2.05, 4.69) is 4.98 Å². The number of rotatable bonds is 3.